The van der Waals surface area contributed by atoms with Crippen molar-refractivity contribution in [2.45, 2.75) is 43.7 Å². The third-order valence-electron chi connectivity index (χ3n) is 3.83. The predicted molar refractivity (Wildman–Crippen MR) is 87.3 cm³/mol. The van der Waals surface area contributed by atoms with E-state index in [0.717, 1.165) is 0 Å². The van der Waals surface area contributed by atoms with Crippen molar-refractivity contribution in [3.8, 4) is 5.75 Å². The van der Waals surface area contributed by atoms with E-state index in [1.165, 1.54) is 0 Å². The highest BCUT2D eigenvalue weighted by Crippen LogP contribution is 2.63. The normalized spacial score (nSPS) is 24.0. The zero-order valence-electron chi connectivity index (χ0n) is 12.9. The summed E-state index contributed by atoms with van der Waals surface area (Å²) in [5.41, 5.74) is -0.0965. The fraction of sp³-hybridized carbons (Fsp3) is 0.562. The van der Waals surface area contributed by atoms with Gasteiger partial charge in [0.25, 0.3) is 0 Å². The Bertz CT molecular complexity index is 562. The van der Waals surface area contributed by atoms with Crippen LogP contribution in [0.25, 0.3) is 0 Å². The maximum Gasteiger partial charge on any atom is 0.229 e. The van der Waals surface area contributed by atoms with Crippen LogP contribution in [0, 0.1) is 5.41 Å². The Hall–Kier alpha value is -0.970. The van der Waals surface area contributed by atoms with E-state index in [2.05, 4.69) is 5.32 Å². The minimum Gasteiger partial charge on any atom is -0.491 e. The standard InChI is InChI=1S/C16H21Cl2NO3/c1-10(2)22-12-6-4-5-11(7-12)13(20)8-19-14(21)15(3)9-16(15,17)18/h4-7,10,13,20H,8-9H2,1-3H3,(H,19,21). The average Bonchev–Trinajstić information content (AvgIpc) is 2.95. The van der Waals surface area contributed by atoms with E-state index in [1.54, 1.807) is 19.1 Å². The van der Waals surface area contributed by atoms with Gasteiger partial charge in [-0.2, -0.15) is 0 Å². The Morgan fingerprint density at radius 1 is 1.45 bits per heavy atom. The van der Waals surface area contributed by atoms with E-state index in [1.807, 2.05) is 26.0 Å². The number of ether oxygens (including phenoxy) is 1. The molecule has 0 radical (unpaired) electrons. The second-order valence-electron chi connectivity index (χ2n) is 6.18. The smallest absolute Gasteiger partial charge is 0.229 e. The van der Waals surface area contributed by atoms with Crippen molar-refractivity contribution in [3.63, 3.8) is 0 Å². The minimum atomic E-state index is -1.01. The molecule has 1 aromatic rings. The molecule has 2 rings (SSSR count). The third-order valence-corrected chi connectivity index (χ3v) is 4.93. The van der Waals surface area contributed by atoms with Crippen LogP contribution >= 0.6 is 23.2 Å². The molecule has 0 heterocycles. The molecule has 1 fully saturated rings. The van der Waals surface area contributed by atoms with Crippen molar-refractivity contribution < 1.29 is 14.6 Å². The van der Waals surface area contributed by atoms with Crippen molar-refractivity contribution >= 4 is 29.1 Å². The number of carbonyl (C=O) groups excluding carboxylic acids is 1. The zero-order chi connectivity index (χ0) is 16.5. The van der Waals surface area contributed by atoms with Gasteiger partial charge in [0.2, 0.25) is 5.91 Å². The minimum absolute atomic E-state index is 0.0578. The van der Waals surface area contributed by atoms with Crippen molar-refractivity contribution in [2.75, 3.05) is 6.54 Å². The van der Waals surface area contributed by atoms with Gasteiger partial charge in [0, 0.05) is 6.54 Å². The molecule has 0 spiro atoms. The molecule has 1 aromatic carbocycles. The van der Waals surface area contributed by atoms with E-state index in [0.29, 0.717) is 17.7 Å². The zero-order valence-corrected chi connectivity index (χ0v) is 14.4. The van der Waals surface area contributed by atoms with Gasteiger partial charge in [-0.15, -0.1) is 23.2 Å². The molecule has 2 unspecified atom stereocenters. The van der Waals surface area contributed by atoms with Crippen LogP contribution in [0.5, 0.6) is 5.75 Å². The summed E-state index contributed by atoms with van der Waals surface area (Å²) in [6, 6.07) is 7.19. The van der Waals surface area contributed by atoms with Crippen LogP contribution in [-0.4, -0.2) is 28.0 Å². The van der Waals surface area contributed by atoms with Gasteiger partial charge in [0.1, 0.15) is 10.1 Å². The van der Waals surface area contributed by atoms with E-state index >= 15 is 0 Å². The van der Waals surface area contributed by atoms with Gasteiger partial charge in [0.15, 0.2) is 0 Å². The van der Waals surface area contributed by atoms with Crippen LogP contribution in [-0.2, 0) is 4.79 Å². The van der Waals surface area contributed by atoms with E-state index in [4.69, 9.17) is 27.9 Å². The topological polar surface area (TPSA) is 58.6 Å². The molecule has 6 heteroatoms. The number of nitrogens with one attached hydrogen (secondary N) is 1. The highest BCUT2D eigenvalue weighted by Gasteiger charge is 2.67. The molecule has 1 saturated carbocycles. The second-order valence-corrected chi connectivity index (χ2v) is 7.66. The molecule has 2 N–H and O–H groups in total. The molecule has 0 saturated heterocycles. The summed E-state index contributed by atoms with van der Waals surface area (Å²) in [4.78, 5) is 12.1. The van der Waals surface area contributed by atoms with Gasteiger partial charge >= 0.3 is 0 Å². The Balaban J connectivity index is 1.93. The van der Waals surface area contributed by atoms with Crippen LogP contribution in [0.1, 0.15) is 38.9 Å². The van der Waals surface area contributed by atoms with Crippen molar-refractivity contribution in [1.82, 2.24) is 5.32 Å². The molecular formula is C16H21Cl2NO3. The highest BCUT2D eigenvalue weighted by molar-refractivity contribution is 6.53. The van der Waals surface area contributed by atoms with Crippen LogP contribution in [0.2, 0.25) is 0 Å². The van der Waals surface area contributed by atoms with Crippen LogP contribution in [0.4, 0.5) is 0 Å². The van der Waals surface area contributed by atoms with Gasteiger partial charge in [-0.1, -0.05) is 12.1 Å². The van der Waals surface area contributed by atoms with Gasteiger partial charge in [-0.05, 0) is 44.9 Å². The lowest BCUT2D eigenvalue weighted by molar-refractivity contribution is -0.126. The summed E-state index contributed by atoms with van der Waals surface area (Å²) < 4.78 is 4.58. The summed E-state index contributed by atoms with van der Waals surface area (Å²) in [6.07, 6.45) is -0.340. The largest absolute Gasteiger partial charge is 0.491 e. The molecule has 122 valence electrons. The van der Waals surface area contributed by atoms with Crippen molar-refractivity contribution in [2.24, 2.45) is 5.41 Å². The number of aliphatic hydroxyl groups is 1. The lowest BCUT2D eigenvalue weighted by Crippen LogP contribution is -2.36. The number of aliphatic hydroxyl groups excluding tert-OH is 1. The molecular weight excluding hydrogens is 325 g/mol. The van der Waals surface area contributed by atoms with Crippen LogP contribution in [0.15, 0.2) is 24.3 Å². The Morgan fingerprint density at radius 3 is 2.64 bits per heavy atom. The van der Waals surface area contributed by atoms with Crippen molar-refractivity contribution in [1.29, 1.82) is 0 Å². The molecule has 0 aliphatic heterocycles. The third kappa shape index (κ3) is 3.67. The first-order chi connectivity index (χ1) is 10.2. The average molecular weight is 346 g/mol. The van der Waals surface area contributed by atoms with Crippen molar-refractivity contribution in [3.05, 3.63) is 29.8 Å². The van der Waals surface area contributed by atoms with Gasteiger partial charge in [-0.3, -0.25) is 4.79 Å². The highest BCUT2D eigenvalue weighted by atomic mass is 35.5. The summed E-state index contributed by atoms with van der Waals surface area (Å²) in [6.45, 7) is 5.68. The summed E-state index contributed by atoms with van der Waals surface area (Å²) in [5, 5.41) is 12.9. The first kappa shape index (κ1) is 17.4. The second kappa shape index (κ2) is 6.26. The van der Waals surface area contributed by atoms with Gasteiger partial charge in [0.05, 0.1) is 17.6 Å². The number of hydrogen-bond acceptors (Lipinski definition) is 3. The molecule has 0 aromatic heterocycles. The van der Waals surface area contributed by atoms with E-state index in [9.17, 15) is 9.90 Å². The maximum atomic E-state index is 12.1. The molecule has 1 aliphatic rings. The lowest BCUT2D eigenvalue weighted by atomic mass is 10.1. The fourth-order valence-corrected chi connectivity index (χ4v) is 2.92. The molecule has 1 amide bonds. The molecule has 1 aliphatic carbocycles. The Labute approximate surface area is 140 Å². The maximum absolute atomic E-state index is 12.1. The van der Waals surface area contributed by atoms with E-state index < -0.39 is 15.9 Å². The monoisotopic (exact) mass is 345 g/mol. The summed E-state index contributed by atoms with van der Waals surface area (Å²) in [7, 11) is 0. The van der Waals surface area contributed by atoms with Gasteiger partial charge < -0.3 is 15.2 Å². The van der Waals surface area contributed by atoms with E-state index in [-0.39, 0.29) is 18.6 Å². The molecule has 4 nitrogen and oxygen atoms in total. The SMILES string of the molecule is CC(C)Oc1cccc(C(O)CNC(=O)C2(C)CC2(Cl)Cl)c1. The van der Waals surface area contributed by atoms with Gasteiger partial charge in [-0.25, -0.2) is 0 Å². The van der Waals surface area contributed by atoms with Crippen LogP contribution < -0.4 is 10.1 Å². The lowest BCUT2D eigenvalue weighted by Gasteiger charge is -2.17. The van der Waals surface area contributed by atoms with Crippen LogP contribution in [0.3, 0.4) is 0 Å². The quantitative estimate of drug-likeness (QED) is 0.778. The summed E-state index contributed by atoms with van der Waals surface area (Å²) >= 11 is 11.9. The number of rotatable bonds is 6. The summed E-state index contributed by atoms with van der Waals surface area (Å²) in [5.74, 6) is 0.443. The number of carbonyl (C=O) groups is 1. The first-order valence-corrected chi connectivity index (χ1v) is 8.02. The predicted octanol–water partition coefficient (Wildman–Crippen LogP) is 3.21. The number of halogens is 2. The number of hydrogen-bond donors (Lipinski definition) is 2. The Kier molecular flexibility index (Phi) is 4.95. The first-order valence-electron chi connectivity index (χ1n) is 7.26. The molecule has 22 heavy (non-hydrogen) atoms. The molecule has 0 bridgehead atoms. The number of benzene rings is 1. The number of amides is 1. The number of alkyl halides is 2. The fourth-order valence-electron chi connectivity index (χ4n) is 2.22. The Morgan fingerprint density at radius 2 is 2.09 bits per heavy atom. The molecule has 2 atom stereocenters.